The zero-order chi connectivity index (χ0) is 15.6. The summed E-state index contributed by atoms with van der Waals surface area (Å²) in [7, 11) is 0. The number of rotatable bonds is 4. The molecule has 1 aliphatic heterocycles. The first-order chi connectivity index (χ1) is 9.79. The van der Waals surface area contributed by atoms with Crippen LogP contribution in [0.3, 0.4) is 0 Å². The van der Waals surface area contributed by atoms with Gasteiger partial charge < -0.3 is 20.1 Å². The Bertz CT molecular complexity index is 575. The number of hydrogen-bond donors (Lipinski definition) is 2. The second-order valence-corrected chi connectivity index (χ2v) is 5.48. The van der Waals surface area contributed by atoms with E-state index in [1.807, 2.05) is 0 Å². The van der Waals surface area contributed by atoms with Crippen LogP contribution in [-0.4, -0.2) is 47.3 Å². The van der Waals surface area contributed by atoms with Crippen LogP contribution in [0.5, 0.6) is 0 Å². The van der Waals surface area contributed by atoms with E-state index in [0.29, 0.717) is 5.02 Å². The van der Waals surface area contributed by atoms with E-state index in [4.69, 9.17) is 21.4 Å². The van der Waals surface area contributed by atoms with E-state index in [0.717, 1.165) is 6.07 Å². The molecule has 1 saturated heterocycles. The maximum Gasteiger partial charge on any atom is 0.329 e. The second kappa shape index (κ2) is 5.87. The lowest BCUT2D eigenvalue weighted by molar-refractivity contribution is -0.159. The van der Waals surface area contributed by atoms with Crippen LogP contribution in [0.2, 0.25) is 5.02 Å². The first-order valence-corrected chi connectivity index (χ1v) is 6.54. The van der Waals surface area contributed by atoms with Crippen LogP contribution in [0.15, 0.2) is 18.2 Å². The maximum absolute atomic E-state index is 13.5. The molecule has 21 heavy (non-hydrogen) atoms. The molecule has 8 heteroatoms. The topological polar surface area (TPSA) is 78.9 Å². The number of urea groups is 1. The van der Waals surface area contributed by atoms with Crippen molar-refractivity contribution in [3.8, 4) is 0 Å². The average molecular weight is 317 g/mol. The molecule has 2 rings (SSSR count). The average Bonchev–Trinajstić information content (AvgIpc) is 2.37. The third-order valence-electron chi connectivity index (χ3n) is 3.05. The van der Waals surface area contributed by atoms with Gasteiger partial charge in [-0.3, -0.25) is 0 Å². The molecule has 0 spiro atoms. The predicted molar refractivity (Wildman–Crippen MR) is 74.0 cm³/mol. The number of carboxylic acids is 1. The summed E-state index contributed by atoms with van der Waals surface area (Å²) in [4.78, 5) is 23.7. The number of ether oxygens (including phenoxy) is 1. The number of carbonyl (C=O) groups excluding carboxylic acids is 1. The minimum absolute atomic E-state index is 0.00689. The number of halogens is 2. The standard InChI is InChI=1S/C13H14ClFN2O4/c1-13(21-5-11(18)19)6-17(7-13)12(20)16-10-4-8(14)2-3-9(10)15/h2-4H,5-7H2,1H3,(H,16,20)(H,18,19). The summed E-state index contributed by atoms with van der Waals surface area (Å²) in [6, 6.07) is 3.36. The lowest BCUT2D eigenvalue weighted by Gasteiger charge is -2.46. The summed E-state index contributed by atoms with van der Waals surface area (Å²) in [5.41, 5.74) is -0.699. The zero-order valence-electron chi connectivity index (χ0n) is 11.2. The Morgan fingerprint density at radius 1 is 1.52 bits per heavy atom. The van der Waals surface area contributed by atoms with Gasteiger partial charge in [-0.25, -0.2) is 14.0 Å². The van der Waals surface area contributed by atoms with Crippen molar-refractivity contribution in [2.24, 2.45) is 0 Å². The minimum Gasteiger partial charge on any atom is -0.480 e. The molecular weight excluding hydrogens is 303 g/mol. The lowest BCUT2D eigenvalue weighted by Crippen LogP contribution is -2.64. The highest BCUT2D eigenvalue weighted by atomic mass is 35.5. The monoisotopic (exact) mass is 316 g/mol. The molecule has 0 unspecified atom stereocenters. The van der Waals surface area contributed by atoms with Crippen LogP contribution in [0.25, 0.3) is 0 Å². The van der Waals surface area contributed by atoms with Crippen LogP contribution in [0.1, 0.15) is 6.92 Å². The molecule has 0 bridgehead atoms. The summed E-state index contributed by atoms with van der Waals surface area (Å²) in [5.74, 6) is -1.65. The third-order valence-corrected chi connectivity index (χ3v) is 3.29. The van der Waals surface area contributed by atoms with E-state index in [9.17, 15) is 14.0 Å². The summed E-state index contributed by atoms with van der Waals surface area (Å²) in [5, 5.41) is 11.3. The summed E-state index contributed by atoms with van der Waals surface area (Å²) in [6.45, 7) is 1.75. The minimum atomic E-state index is -1.07. The highest BCUT2D eigenvalue weighted by molar-refractivity contribution is 6.30. The van der Waals surface area contributed by atoms with Crippen molar-refractivity contribution < 1.29 is 23.8 Å². The third kappa shape index (κ3) is 3.83. The number of carbonyl (C=O) groups is 2. The van der Waals surface area contributed by atoms with E-state index in [2.05, 4.69) is 5.32 Å². The highest BCUT2D eigenvalue weighted by Crippen LogP contribution is 2.26. The quantitative estimate of drug-likeness (QED) is 0.892. The van der Waals surface area contributed by atoms with Crippen molar-refractivity contribution in [2.45, 2.75) is 12.5 Å². The van der Waals surface area contributed by atoms with E-state index >= 15 is 0 Å². The van der Waals surface area contributed by atoms with Crippen molar-refractivity contribution in [1.82, 2.24) is 4.90 Å². The fourth-order valence-corrected chi connectivity index (χ4v) is 2.19. The Balaban J connectivity index is 1.89. The molecule has 1 fully saturated rings. The van der Waals surface area contributed by atoms with Crippen molar-refractivity contribution in [3.63, 3.8) is 0 Å². The van der Waals surface area contributed by atoms with Crippen molar-refractivity contribution in [2.75, 3.05) is 25.0 Å². The molecule has 0 aliphatic carbocycles. The fourth-order valence-electron chi connectivity index (χ4n) is 2.02. The van der Waals surface area contributed by atoms with Gasteiger partial charge in [-0.2, -0.15) is 0 Å². The molecule has 114 valence electrons. The van der Waals surface area contributed by atoms with Crippen LogP contribution >= 0.6 is 11.6 Å². The Hall–Kier alpha value is -1.86. The number of amides is 2. The van der Waals surface area contributed by atoms with Gasteiger partial charge in [0.15, 0.2) is 0 Å². The smallest absolute Gasteiger partial charge is 0.329 e. The van der Waals surface area contributed by atoms with E-state index < -0.39 is 30.0 Å². The second-order valence-electron chi connectivity index (χ2n) is 5.04. The zero-order valence-corrected chi connectivity index (χ0v) is 12.0. The van der Waals surface area contributed by atoms with Crippen LogP contribution in [-0.2, 0) is 9.53 Å². The normalized spacial score (nSPS) is 16.2. The van der Waals surface area contributed by atoms with E-state index in [1.54, 1.807) is 6.92 Å². The van der Waals surface area contributed by atoms with Gasteiger partial charge in [-0.1, -0.05) is 11.6 Å². The first kappa shape index (κ1) is 15.5. The maximum atomic E-state index is 13.5. The van der Waals surface area contributed by atoms with Crippen LogP contribution < -0.4 is 5.32 Å². The molecule has 0 aromatic heterocycles. The van der Waals surface area contributed by atoms with Gasteiger partial charge >= 0.3 is 12.0 Å². The number of hydrogen-bond acceptors (Lipinski definition) is 3. The van der Waals surface area contributed by atoms with Gasteiger partial charge in [-0.15, -0.1) is 0 Å². The van der Waals surface area contributed by atoms with Crippen LogP contribution in [0.4, 0.5) is 14.9 Å². The van der Waals surface area contributed by atoms with Gasteiger partial charge in [0.2, 0.25) is 0 Å². The van der Waals surface area contributed by atoms with Gasteiger partial charge in [0, 0.05) is 5.02 Å². The summed E-state index contributed by atoms with van der Waals surface area (Å²) >= 11 is 5.74. The van der Waals surface area contributed by atoms with Gasteiger partial charge in [0.1, 0.15) is 18.0 Å². The molecule has 2 amide bonds. The fraction of sp³-hybridized carbons (Fsp3) is 0.385. The SMILES string of the molecule is CC1(OCC(=O)O)CN(C(=O)Nc2cc(Cl)ccc2F)C1. The largest absolute Gasteiger partial charge is 0.480 e. The number of nitrogens with zero attached hydrogens (tertiary/aromatic N) is 1. The predicted octanol–water partition coefficient (Wildman–Crippen LogP) is 2.19. The molecule has 6 nitrogen and oxygen atoms in total. The number of benzene rings is 1. The van der Waals surface area contributed by atoms with Crippen molar-refractivity contribution in [3.05, 3.63) is 29.0 Å². The Labute approximate surface area is 125 Å². The van der Waals surface area contributed by atoms with E-state index in [1.165, 1.54) is 17.0 Å². The van der Waals surface area contributed by atoms with Crippen LogP contribution in [0, 0.1) is 5.82 Å². The van der Waals surface area contributed by atoms with Gasteiger partial charge in [0.05, 0.1) is 18.8 Å². The van der Waals surface area contributed by atoms with Crippen molar-refractivity contribution >= 4 is 29.3 Å². The van der Waals surface area contributed by atoms with Gasteiger partial charge in [0.25, 0.3) is 0 Å². The molecule has 0 radical (unpaired) electrons. The number of likely N-dealkylation sites (tertiary alicyclic amines) is 1. The summed E-state index contributed by atoms with van der Waals surface area (Å²) < 4.78 is 18.7. The lowest BCUT2D eigenvalue weighted by atomic mass is 9.97. The number of carboxylic acid groups (broad SMARTS) is 1. The molecular formula is C13H14ClFN2O4. The number of aliphatic carboxylic acids is 1. The van der Waals surface area contributed by atoms with Crippen molar-refractivity contribution in [1.29, 1.82) is 0 Å². The Kier molecular flexibility index (Phi) is 4.34. The molecule has 1 aliphatic rings. The van der Waals surface area contributed by atoms with E-state index in [-0.39, 0.29) is 18.8 Å². The highest BCUT2D eigenvalue weighted by Gasteiger charge is 2.42. The first-order valence-electron chi connectivity index (χ1n) is 6.16. The molecule has 2 N–H and O–H groups in total. The van der Waals surface area contributed by atoms with Gasteiger partial charge in [-0.05, 0) is 25.1 Å². The number of anilines is 1. The molecule has 0 atom stereocenters. The Morgan fingerprint density at radius 2 is 2.19 bits per heavy atom. The summed E-state index contributed by atoms with van der Waals surface area (Å²) in [6.07, 6.45) is 0. The number of nitrogens with one attached hydrogen (secondary N) is 1. The Morgan fingerprint density at radius 3 is 2.81 bits per heavy atom. The molecule has 1 aromatic carbocycles. The molecule has 1 heterocycles. The molecule has 0 saturated carbocycles. The molecule has 1 aromatic rings.